The SMILES string of the molecule is N#CCNC(=O)N(CCc1ccc2ccccc2c1)C(=O)OCc1ccccc1. The van der Waals surface area contributed by atoms with Crippen LogP contribution in [-0.2, 0) is 17.8 Å². The Morgan fingerprint density at radius 3 is 2.41 bits per heavy atom. The van der Waals surface area contributed by atoms with Crippen molar-refractivity contribution in [2.45, 2.75) is 13.0 Å². The molecule has 0 saturated carbocycles. The van der Waals surface area contributed by atoms with Gasteiger partial charge < -0.3 is 10.1 Å². The molecule has 0 heterocycles. The molecule has 0 atom stereocenters. The summed E-state index contributed by atoms with van der Waals surface area (Å²) in [6, 6.07) is 24.4. The van der Waals surface area contributed by atoms with Crippen molar-refractivity contribution in [1.29, 1.82) is 5.26 Å². The summed E-state index contributed by atoms with van der Waals surface area (Å²) in [6.45, 7) is 0.0260. The van der Waals surface area contributed by atoms with E-state index < -0.39 is 12.1 Å². The van der Waals surface area contributed by atoms with Crippen molar-refractivity contribution in [2.24, 2.45) is 0 Å². The second-order valence-electron chi connectivity index (χ2n) is 6.44. The number of hydrogen-bond donors (Lipinski definition) is 1. The van der Waals surface area contributed by atoms with E-state index in [0.29, 0.717) is 6.42 Å². The van der Waals surface area contributed by atoms with Crippen LogP contribution in [0.1, 0.15) is 11.1 Å². The summed E-state index contributed by atoms with van der Waals surface area (Å²) in [5, 5.41) is 13.3. The summed E-state index contributed by atoms with van der Waals surface area (Å²) in [6.07, 6.45) is -0.268. The van der Waals surface area contributed by atoms with Crippen LogP contribution >= 0.6 is 0 Å². The van der Waals surface area contributed by atoms with Crippen molar-refractivity contribution in [3.63, 3.8) is 0 Å². The first-order valence-corrected chi connectivity index (χ1v) is 9.28. The first-order chi connectivity index (χ1) is 14.2. The number of imide groups is 1. The van der Waals surface area contributed by atoms with Crippen molar-refractivity contribution in [3.8, 4) is 6.07 Å². The molecule has 0 aliphatic carbocycles. The Bertz CT molecular complexity index is 1030. The highest BCUT2D eigenvalue weighted by Gasteiger charge is 2.22. The normalized spacial score (nSPS) is 10.2. The lowest BCUT2D eigenvalue weighted by Crippen LogP contribution is -2.45. The van der Waals surface area contributed by atoms with Crippen LogP contribution in [0.3, 0.4) is 0 Å². The number of nitriles is 1. The zero-order valence-corrected chi connectivity index (χ0v) is 15.9. The van der Waals surface area contributed by atoms with E-state index in [1.54, 1.807) is 0 Å². The van der Waals surface area contributed by atoms with Gasteiger partial charge in [0.15, 0.2) is 0 Å². The molecule has 0 radical (unpaired) electrons. The number of carbonyl (C=O) groups is 2. The number of nitrogens with zero attached hydrogens (tertiary/aromatic N) is 2. The molecular formula is C23H21N3O3. The van der Waals surface area contributed by atoms with Gasteiger partial charge in [-0.3, -0.25) is 0 Å². The van der Waals surface area contributed by atoms with E-state index in [1.807, 2.05) is 78.9 Å². The van der Waals surface area contributed by atoms with Crippen molar-refractivity contribution in [3.05, 3.63) is 83.9 Å². The van der Waals surface area contributed by atoms with Gasteiger partial charge in [-0.05, 0) is 28.3 Å². The molecule has 3 aromatic carbocycles. The highest BCUT2D eigenvalue weighted by Crippen LogP contribution is 2.16. The Labute approximate surface area is 169 Å². The van der Waals surface area contributed by atoms with Gasteiger partial charge in [-0.1, -0.05) is 72.8 Å². The second kappa shape index (κ2) is 9.90. The van der Waals surface area contributed by atoms with E-state index in [-0.39, 0.29) is 19.7 Å². The van der Waals surface area contributed by atoms with Gasteiger partial charge in [-0.15, -0.1) is 0 Å². The monoisotopic (exact) mass is 387 g/mol. The zero-order chi connectivity index (χ0) is 20.5. The molecule has 6 heteroatoms. The van der Waals surface area contributed by atoms with Gasteiger partial charge in [-0.25, -0.2) is 14.5 Å². The van der Waals surface area contributed by atoms with Gasteiger partial charge in [0.1, 0.15) is 13.2 Å². The fourth-order valence-corrected chi connectivity index (χ4v) is 2.92. The average Bonchev–Trinajstić information content (AvgIpc) is 2.77. The van der Waals surface area contributed by atoms with Gasteiger partial charge in [0, 0.05) is 6.54 Å². The van der Waals surface area contributed by atoms with Crippen molar-refractivity contribution < 1.29 is 14.3 Å². The summed E-state index contributed by atoms with van der Waals surface area (Å²) in [4.78, 5) is 25.9. The smallest absolute Gasteiger partial charge is 0.418 e. The fraction of sp³-hybridized carbons (Fsp3) is 0.174. The van der Waals surface area contributed by atoms with Gasteiger partial charge >= 0.3 is 12.1 Å². The molecule has 0 unspecified atom stereocenters. The van der Waals surface area contributed by atoms with Gasteiger partial charge in [0.25, 0.3) is 0 Å². The van der Waals surface area contributed by atoms with Gasteiger partial charge in [0.05, 0.1) is 6.07 Å². The number of hydrogen-bond acceptors (Lipinski definition) is 4. The number of nitrogens with one attached hydrogen (secondary N) is 1. The lowest BCUT2D eigenvalue weighted by Gasteiger charge is -2.20. The molecule has 0 aromatic heterocycles. The molecule has 146 valence electrons. The predicted molar refractivity (Wildman–Crippen MR) is 110 cm³/mol. The first kappa shape index (κ1) is 19.9. The maximum atomic E-state index is 12.5. The third kappa shape index (κ3) is 5.56. The molecule has 3 aromatic rings. The summed E-state index contributed by atoms with van der Waals surface area (Å²) >= 11 is 0. The summed E-state index contributed by atoms with van der Waals surface area (Å²) in [5.74, 6) is 0. The largest absolute Gasteiger partial charge is 0.444 e. The summed E-state index contributed by atoms with van der Waals surface area (Å²) in [5.41, 5.74) is 1.82. The van der Waals surface area contributed by atoms with Crippen molar-refractivity contribution >= 4 is 22.9 Å². The highest BCUT2D eigenvalue weighted by atomic mass is 16.6. The quantitative estimate of drug-likeness (QED) is 0.641. The number of carbonyl (C=O) groups excluding carboxylic acids is 2. The van der Waals surface area contributed by atoms with Crippen molar-refractivity contribution in [1.82, 2.24) is 10.2 Å². The minimum absolute atomic E-state index is 0.0671. The summed E-state index contributed by atoms with van der Waals surface area (Å²) < 4.78 is 5.29. The van der Waals surface area contributed by atoms with Crippen LogP contribution in [-0.4, -0.2) is 30.1 Å². The molecule has 6 nitrogen and oxygen atoms in total. The lowest BCUT2D eigenvalue weighted by atomic mass is 10.1. The molecule has 0 spiro atoms. The van der Waals surface area contributed by atoms with Crippen LogP contribution in [0, 0.1) is 11.3 Å². The fourth-order valence-electron chi connectivity index (χ4n) is 2.92. The molecule has 3 rings (SSSR count). The first-order valence-electron chi connectivity index (χ1n) is 9.28. The molecule has 0 saturated heterocycles. The number of amides is 3. The molecule has 1 N–H and O–H groups in total. The number of urea groups is 1. The van der Waals surface area contributed by atoms with E-state index >= 15 is 0 Å². The molecular weight excluding hydrogens is 366 g/mol. The molecule has 0 aliphatic rings. The van der Waals surface area contributed by atoms with Gasteiger partial charge in [0.2, 0.25) is 0 Å². The minimum Gasteiger partial charge on any atom is -0.444 e. The van der Waals surface area contributed by atoms with E-state index in [0.717, 1.165) is 26.8 Å². The lowest BCUT2D eigenvalue weighted by molar-refractivity contribution is 0.104. The average molecular weight is 387 g/mol. The van der Waals surface area contributed by atoms with E-state index in [4.69, 9.17) is 10.00 Å². The van der Waals surface area contributed by atoms with Crippen LogP contribution in [0.2, 0.25) is 0 Å². The molecule has 0 bridgehead atoms. The molecule has 0 fully saturated rings. The third-order valence-electron chi connectivity index (χ3n) is 4.43. The Hall–Kier alpha value is -3.85. The van der Waals surface area contributed by atoms with Crippen LogP contribution in [0.4, 0.5) is 9.59 Å². The predicted octanol–water partition coefficient (Wildman–Crippen LogP) is 4.25. The Kier molecular flexibility index (Phi) is 6.80. The van der Waals surface area contributed by atoms with Crippen LogP contribution in [0.25, 0.3) is 10.8 Å². The maximum Gasteiger partial charge on any atom is 0.418 e. The number of ether oxygens (including phenoxy) is 1. The van der Waals surface area contributed by atoms with E-state index in [1.165, 1.54) is 0 Å². The summed E-state index contributed by atoms with van der Waals surface area (Å²) in [7, 11) is 0. The van der Waals surface area contributed by atoms with Crippen LogP contribution in [0.15, 0.2) is 72.8 Å². The number of rotatable bonds is 6. The highest BCUT2D eigenvalue weighted by molar-refractivity contribution is 5.91. The standard InChI is InChI=1S/C23H21N3O3/c24-13-14-25-22(27)26(23(28)29-17-19-6-2-1-3-7-19)15-12-18-10-11-20-8-4-5-9-21(20)16-18/h1-11,16H,12,14-15,17H2,(H,25,27). The zero-order valence-electron chi connectivity index (χ0n) is 15.9. The Balaban J connectivity index is 1.67. The molecule has 0 aliphatic heterocycles. The topological polar surface area (TPSA) is 82.4 Å². The maximum absolute atomic E-state index is 12.5. The number of benzene rings is 3. The number of fused-ring (bicyclic) bond motifs is 1. The molecule has 29 heavy (non-hydrogen) atoms. The van der Waals surface area contributed by atoms with Crippen LogP contribution in [0.5, 0.6) is 0 Å². The molecule has 3 amide bonds. The van der Waals surface area contributed by atoms with E-state index in [2.05, 4.69) is 5.32 Å². The van der Waals surface area contributed by atoms with E-state index in [9.17, 15) is 9.59 Å². The van der Waals surface area contributed by atoms with Crippen LogP contribution < -0.4 is 5.32 Å². The van der Waals surface area contributed by atoms with Crippen molar-refractivity contribution in [2.75, 3.05) is 13.1 Å². The Morgan fingerprint density at radius 1 is 0.931 bits per heavy atom. The van der Waals surface area contributed by atoms with Gasteiger partial charge in [-0.2, -0.15) is 5.26 Å². The minimum atomic E-state index is -0.745. The Morgan fingerprint density at radius 2 is 1.66 bits per heavy atom. The second-order valence-corrected chi connectivity index (χ2v) is 6.44. The third-order valence-corrected chi connectivity index (χ3v) is 4.43.